The van der Waals surface area contributed by atoms with Gasteiger partial charge in [-0.2, -0.15) is 0 Å². The third kappa shape index (κ3) is 7.03. The van der Waals surface area contributed by atoms with Gasteiger partial charge < -0.3 is 4.74 Å². The smallest absolute Gasteiger partial charge is 0.328 e. The Bertz CT molecular complexity index is 156. The Morgan fingerprint density at radius 3 is 2.45 bits per heavy atom. The molecule has 0 atom stereocenters. The van der Waals surface area contributed by atoms with Crippen LogP contribution in [0.1, 0.15) is 27.7 Å². The van der Waals surface area contributed by atoms with Gasteiger partial charge in [0, 0.05) is 0 Å². The maximum absolute atomic E-state index is 10.9. The van der Waals surface area contributed by atoms with E-state index in [0.29, 0.717) is 0 Å². The lowest BCUT2D eigenvalue weighted by Gasteiger charge is -2.18. The van der Waals surface area contributed by atoms with Crippen LogP contribution in [0.15, 0.2) is 4.99 Å². The average Bonchev–Trinajstić information content (AvgIpc) is 1.79. The highest BCUT2D eigenvalue weighted by atomic mass is 16.6. The molecule has 0 saturated heterocycles. The molecule has 0 aliphatic heterocycles. The van der Waals surface area contributed by atoms with Gasteiger partial charge in [-0.05, 0) is 33.9 Å². The third-order valence-electron chi connectivity index (χ3n) is 0.823. The van der Waals surface area contributed by atoms with Crippen molar-refractivity contribution in [2.75, 3.05) is 6.54 Å². The number of aliphatic imine (C=N–C) groups is 1. The first-order valence-corrected chi connectivity index (χ1v) is 3.62. The summed E-state index contributed by atoms with van der Waals surface area (Å²) in [7, 11) is 0. The van der Waals surface area contributed by atoms with Crippen LogP contribution in [0.4, 0.5) is 0 Å². The van der Waals surface area contributed by atoms with E-state index >= 15 is 0 Å². The molecule has 0 amide bonds. The number of ether oxygens (including phenoxy) is 1. The second-order valence-electron chi connectivity index (χ2n) is 3.19. The molecule has 0 aliphatic carbocycles. The summed E-state index contributed by atoms with van der Waals surface area (Å²) in [6.45, 7) is 7.39. The van der Waals surface area contributed by atoms with Crippen LogP contribution in [-0.2, 0) is 9.53 Å². The van der Waals surface area contributed by atoms with Crippen LogP contribution in [0.25, 0.3) is 0 Å². The Balaban J connectivity index is 3.70. The normalized spacial score (nSPS) is 12.0. The minimum absolute atomic E-state index is 0.119. The zero-order chi connectivity index (χ0) is 8.91. The van der Waals surface area contributed by atoms with E-state index in [1.807, 2.05) is 20.8 Å². The summed E-state index contributed by atoms with van der Waals surface area (Å²) in [4.78, 5) is 14.6. The molecule has 0 N–H and O–H groups in total. The van der Waals surface area contributed by atoms with Crippen LogP contribution in [0, 0.1) is 0 Å². The van der Waals surface area contributed by atoms with Crippen molar-refractivity contribution in [3.63, 3.8) is 0 Å². The molecule has 3 heteroatoms. The Hall–Kier alpha value is -0.860. The fourth-order valence-corrected chi connectivity index (χ4v) is 0.540. The number of hydrogen-bond acceptors (Lipinski definition) is 3. The number of rotatable bonds is 2. The summed E-state index contributed by atoms with van der Waals surface area (Å²) >= 11 is 0. The molecule has 0 heterocycles. The van der Waals surface area contributed by atoms with Gasteiger partial charge in [0.15, 0.2) is 0 Å². The van der Waals surface area contributed by atoms with E-state index in [-0.39, 0.29) is 12.5 Å². The standard InChI is InChI=1S/C8H15NO2/c1-5-9-6-7(10)11-8(2,3)4/h5H,6H2,1-4H3/b9-5+. The minimum atomic E-state index is -0.402. The van der Waals surface area contributed by atoms with Crippen LogP contribution in [0.2, 0.25) is 0 Å². The predicted molar refractivity (Wildman–Crippen MR) is 44.9 cm³/mol. The molecular formula is C8H15NO2. The van der Waals surface area contributed by atoms with Crippen LogP contribution in [-0.4, -0.2) is 24.3 Å². The highest BCUT2D eigenvalue weighted by Gasteiger charge is 2.14. The summed E-state index contributed by atoms with van der Waals surface area (Å²) in [6.07, 6.45) is 1.59. The van der Waals surface area contributed by atoms with Crippen molar-refractivity contribution in [2.45, 2.75) is 33.3 Å². The quantitative estimate of drug-likeness (QED) is 0.449. The highest BCUT2D eigenvalue weighted by Crippen LogP contribution is 2.06. The molecular weight excluding hydrogens is 142 g/mol. The lowest BCUT2D eigenvalue weighted by atomic mass is 10.2. The Morgan fingerprint density at radius 2 is 2.09 bits per heavy atom. The fraction of sp³-hybridized carbons (Fsp3) is 0.750. The molecule has 0 aromatic heterocycles. The molecule has 0 saturated carbocycles. The van der Waals surface area contributed by atoms with E-state index in [1.165, 1.54) is 0 Å². The fourth-order valence-electron chi connectivity index (χ4n) is 0.540. The highest BCUT2D eigenvalue weighted by molar-refractivity contribution is 5.74. The van der Waals surface area contributed by atoms with Crippen LogP contribution in [0.3, 0.4) is 0 Å². The van der Waals surface area contributed by atoms with Crippen LogP contribution in [0.5, 0.6) is 0 Å². The van der Waals surface area contributed by atoms with Crippen molar-refractivity contribution in [1.29, 1.82) is 0 Å². The molecule has 0 aromatic carbocycles. The van der Waals surface area contributed by atoms with Gasteiger partial charge in [-0.15, -0.1) is 0 Å². The molecule has 0 aliphatic rings. The van der Waals surface area contributed by atoms with Crippen molar-refractivity contribution in [2.24, 2.45) is 4.99 Å². The molecule has 0 aromatic rings. The number of esters is 1. The van der Waals surface area contributed by atoms with Gasteiger partial charge in [-0.25, -0.2) is 0 Å². The van der Waals surface area contributed by atoms with E-state index in [0.717, 1.165) is 0 Å². The average molecular weight is 157 g/mol. The van der Waals surface area contributed by atoms with Crippen LogP contribution >= 0.6 is 0 Å². The molecule has 11 heavy (non-hydrogen) atoms. The molecule has 0 unspecified atom stereocenters. The van der Waals surface area contributed by atoms with E-state index < -0.39 is 5.60 Å². The Labute approximate surface area is 67.5 Å². The molecule has 0 radical (unpaired) electrons. The monoisotopic (exact) mass is 157 g/mol. The van der Waals surface area contributed by atoms with Crippen molar-refractivity contribution < 1.29 is 9.53 Å². The van der Waals surface area contributed by atoms with Gasteiger partial charge in [0.2, 0.25) is 0 Å². The Kier molecular flexibility index (Phi) is 3.79. The van der Waals surface area contributed by atoms with E-state index in [1.54, 1.807) is 13.1 Å². The Morgan fingerprint density at radius 1 is 1.55 bits per heavy atom. The third-order valence-corrected chi connectivity index (χ3v) is 0.823. The number of nitrogens with zero attached hydrogens (tertiary/aromatic N) is 1. The molecule has 64 valence electrons. The summed E-state index contributed by atoms with van der Waals surface area (Å²) in [6, 6.07) is 0. The lowest BCUT2D eigenvalue weighted by Crippen LogP contribution is -2.25. The van der Waals surface area contributed by atoms with Gasteiger partial charge >= 0.3 is 5.97 Å². The van der Waals surface area contributed by atoms with E-state index in [9.17, 15) is 4.79 Å². The van der Waals surface area contributed by atoms with Crippen molar-refractivity contribution in [3.05, 3.63) is 0 Å². The van der Waals surface area contributed by atoms with Gasteiger partial charge in [0.05, 0.1) is 0 Å². The van der Waals surface area contributed by atoms with Gasteiger partial charge in [-0.3, -0.25) is 9.79 Å². The minimum Gasteiger partial charge on any atom is -0.459 e. The SMILES string of the molecule is C/C=N/CC(=O)OC(C)(C)C. The van der Waals surface area contributed by atoms with Crippen molar-refractivity contribution in [3.8, 4) is 0 Å². The molecule has 0 fully saturated rings. The number of carbonyl (C=O) groups excluding carboxylic acids is 1. The molecule has 0 bridgehead atoms. The number of hydrogen-bond donors (Lipinski definition) is 0. The first-order valence-electron chi connectivity index (χ1n) is 3.62. The molecule has 0 spiro atoms. The van der Waals surface area contributed by atoms with Gasteiger partial charge in [-0.1, -0.05) is 0 Å². The van der Waals surface area contributed by atoms with E-state index in [2.05, 4.69) is 4.99 Å². The zero-order valence-corrected chi connectivity index (χ0v) is 7.55. The predicted octanol–water partition coefficient (Wildman–Crippen LogP) is 1.42. The van der Waals surface area contributed by atoms with E-state index in [4.69, 9.17) is 4.74 Å². The van der Waals surface area contributed by atoms with Crippen LogP contribution < -0.4 is 0 Å². The summed E-state index contributed by atoms with van der Waals surface area (Å²) < 4.78 is 4.99. The van der Waals surface area contributed by atoms with Crippen molar-refractivity contribution in [1.82, 2.24) is 0 Å². The molecule has 0 rings (SSSR count). The number of carbonyl (C=O) groups is 1. The summed E-state index contributed by atoms with van der Waals surface area (Å²) in [5, 5.41) is 0. The zero-order valence-electron chi connectivity index (χ0n) is 7.55. The first kappa shape index (κ1) is 10.1. The van der Waals surface area contributed by atoms with Gasteiger partial charge in [0.25, 0.3) is 0 Å². The largest absolute Gasteiger partial charge is 0.459 e. The first-order chi connectivity index (χ1) is 4.95. The maximum Gasteiger partial charge on any atom is 0.328 e. The molecule has 3 nitrogen and oxygen atoms in total. The summed E-state index contributed by atoms with van der Waals surface area (Å²) in [5.41, 5.74) is -0.402. The topological polar surface area (TPSA) is 38.7 Å². The lowest BCUT2D eigenvalue weighted by molar-refractivity contribution is -0.152. The summed E-state index contributed by atoms with van der Waals surface area (Å²) in [5.74, 6) is -0.282. The van der Waals surface area contributed by atoms with Crippen molar-refractivity contribution >= 4 is 12.2 Å². The van der Waals surface area contributed by atoms with Gasteiger partial charge in [0.1, 0.15) is 12.1 Å². The maximum atomic E-state index is 10.9. The second kappa shape index (κ2) is 4.11. The second-order valence-corrected chi connectivity index (χ2v) is 3.19.